The van der Waals surface area contributed by atoms with Gasteiger partial charge in [-0.1, -0.05) is 0 Å². The molecule has 1 heterocycles. The lowest BCUT2D eigenvalue weighted by Crippen LogP contribution is -2.36. The summed E-state index contributed by atoms with van der Waals surface area (Å²) in [6, 6.07) is 0. The van der Waals surface area contributed by atoms with Gasteiger partial charge >= 0.3 is 5.97 Å². The summed E-state index contributed by atoms with van der Waals surface area (Å²) in [4.78, 5) is 28.1. The molecule has 0 radical (unpaired) electrons. The minimum absolute atomic E-state index is 0.0383. The summed E-state index contributed by atoms with van der Waals surface area (Å²) in [6.45, 7) is 2.21. The first kappa shape index (κ1) is 11.6. The summed E-state index contributed by atoms with van der Waals surface area (Å²) in [5.74, 6) is -0.676. The molecule has 0 aliphatic rings. The van der Waals surface area contributed by atoms with Crippen LogP contribution < -0.4 is 0 Å². The third-order valence-corrected chi connectivity index (χ3v) is 2.45. The maximum Gasteiger partial charge on any atom is 0.325 e. The Morgan fingerprint density at radius 3 is 2.80 bits per heavy atom. The maximum atomic E-state index is 11.8. The predicted molar refractivity (Wildman–Crippen MR) is 55.7 cm³/mol. The monoisotopic (exact) mass is 228 g/mol. The number of nitrogens with zero attached hydrogens (tertiary/aromatic N) is 2. The van der Waals surface area contributed by atoms with Gasteiger partial charge in [0.1, 0.15) is 12.2 Å². The second-order valence-electron chi connectivity index (χ2n) is 2.77. The van der Waals surface area contributed by atoms with Crippen molar-refractivity contribution in [1.29, 1.82) is 0 Å². The topological polar surface area (TPSA) is 59.5 Å². The highest BCUT2D eigenvalue weighted by molar-refractivity contribution is 7.07. The molecule has 0 aromatic carbocycles. The molecule has 0 aliphatic carbocycles. The predicted octanol–water partition coefficient (Wildman–Crippen LogP) is 0.778. The molecule has 0 bridgehead atoms. The molecule has 1 rings (SSSR count). The smallest absolute Gasteiger partial charge is 0.325 e. The number of carbonyl (C=O) groups excluding carboxylic acids is 2. The Labute approximate surface area is 91.7 Å². The van der Waals surface area contributed by atoms with Crippen molar-refractivity contribution >= 4 is 23.2 Å². The van der Waals surface area contributed by atoms with E-state index >= 15 is 0 Å². The number of amides is 1. The molecule has 0 aliphatic heterocycles. The fourth-order valence-electron chi connectivity index (χ4n) is 1.03. The zero-order valence-electron chi connectivity index (χ0n) is 8.60. The van der Waals surface area contributed by atoms with E-state index in [1.54, 1.807) is 17.8 Å². The van der Waals surface area contributed by atoms with Gasteiger partial charge in [0, 0.05) is 11.9 Å². The van der Waals surface area contributed by atoms with Crippen molar-refractivity contribution in [2.75, 3.05) is 20.2 Å². The molecule has 5 nitrogen and oxygen atoms in total. The summed E-state index contributed by atoms with van der Waals surface area (Å²) in [5, 5.41) is 1.66. The fraction of sp³-hybridized carbons (Fsp3) is 0.444. The second kappa shape index (κ2) is 5.45. The van der Waals surface area contributed by atoms with Crippen LogP contribution >= 0.6 is 11.3 Å². The molecule has 0 unspecified atom stereocenters. The second-order valence-corrected chi connectivity index (χ2v) is 3.49. The number of methoxy groups -OCH3 is 1. The molecular formula is C9H12N2O3S. The maximum absolute atomic E-state index is 11.8. The lowest BCUT2D eigenvalue weighted by Gasteiger charge is -2.17. The molecule has 0 saturated carbocycles. The van der Waals surface area contributed by atoms with E-state index in [2.05, 4.69) is 9.72 Å². The lowest BCUT2D eigenvalue weighted by atomic mass is 10.4. The third kappa shape index (κ3) is 3.02. The van der Waals surface area contributed by atoms with Gasteiger partial charge in [-0.25, -0.2) is 4.98 Å². The first-order valence-corrected chi connectivity index (χ1v) is 5.37. The number of rotatable bonds is 4. The third-order valence-electron chi connectivity index (χ3n) is 1.87. The molecule has 0 fully saturated rings. The molecule has 15 heavy (non-hydrogen) atoms. The van der Waals surface area contributed by atoms with Crippen molar-refractivity contribution in [3.63, 3.8) is 0 Å². The standard InChI is InChI=1S/C9H12N2O3S/c1-3-11(4-8(12)14-2)9(13)7-5-15-6-10-7/h5-6H,3-4H2,1-2H3. The van der Waals surface area contributed by atoms with E-state index in [1.165, 1.54) is 23.3 Å². The molecule has 0 atom stereocenters. The molecule has 0 spiro atoms. The van der Waals surface area contributed by atoms with E-state index < -0.39 is 5.97 Å². The number of aromatic nitrogens is 1. The molecule has 0 N–H and O–H groups in total. The van der Waals surface area contributed by atoms with Gasteiger partial charge < -0.3 is 9.64 Å². The number of thiazole rings is 1. The van der Waals surface area contributed by atoms with Crippen molar-refractivity contribution in [3.05, 3.63) is 16.6 Å². The summed E-state index contributed by atoms with van der Waals surface area (Å²) >= 11 is 1.35. The van der Waals surface area contributed by atoms with Crippen molar-refractivity contribution in [2.45, 2.75) is 6.92 Å². The highest BCUT2D eigenvalue weighted by atomic mass is 32.1. The van der Waals surface area contributed by atoms with Crippen LogP contribution in [-0.4, -0.2) is 42.0 Å². The number of carbonyl (C=O) groups is 2. The Kier molecular flexibility index (Phi) is 4.23. The Morgan fingerprint density at radius 1 is 1.60 bits per heavy atom. The lowest BCUT2D eigenvalue weighted by molar-refractivity contribution is -0.141. The number of hydrogen-bond acceptors (Lipinski definition) is 5. The van der Waals surface area contributed by atoms with Crippen LogP contribution in [0.1, 0.15) is 17.4 Å². The average Bonchev–Trinajstić information content (AvgIpc) is 2.77. The highest BCUT2D eigenvalue weighted by Crippen LogP contribution is 2.05. The average molecular weight is 228 g/mol. The van der Waals surface area contributed by atoms with Gasteiger partial charge in [0.25, 0.3) is 5.91 Å². The largest absolute Gasteiger partial charge is 0.468 e. The first-order valence-electron chi connectivity index (χ1n) is 4.43. The van der Waals surface area contributed by atoms with E-state index in [9.17, 15) is 9.59 Å². The molecule has 1 amide bonds. The van der Waals surface area contributed by atoms with Crippen molar-refractivity contribution in [2.24, 2.45) is 0 Å². The van der Waals surface area contributed by atoms with Crippen molar-refractivity contribution in [3.8, 4) is 0 Å². The summed E-state index contributed by atoms with van der Waals surface area (Å²) in [6.07, 6.45) is 0. The van der Waals surface area contributed by atoms with Crippen LogP contribution in [0.25, 0.3) is 0 Å². The van der Waals surface area contributed by atoms with Crippen LogP contribution in [0.15, 0.2) is 10.9 Å². The summed E-state index contributed by atoms with van der Waals surface area (Å²) < 4.78 is 4.50. The van der Waals surface area contributed by atoms with Gasteiger partial charge in [-0.15, -0.1) is 11.3 Å². The van der Waals surface area contributed by atoms with Crippen LogP contribution in [0.4, 0.5) is 0 Å². The fourth-order valence-corrected chi connectivity index (χ4v) is 1.55. The van der Waals surface area contributed by atoms with Crippen LogP contribution in [0.2, 0.25) is 0 Å². The normalized spacial score (nSPS) is 9.73. The quantitative estimate of drug-likeness (QED) is 0.714. The zero-order valence-corrected chi connectivity index (χ0v) is 9.41. The molecule has 1 aromatic heterocycles. The van der Waals surface area contributed by atoms with Gasteiger partial charge in [-0.05, 0) is 6.92 Å². The van der Waals surface area contributed by atoms with E-state index in [0.717, 1.165) is 0 Å². The number of hydrogen-bond donors (Lipinski definition) is 0. The highest BCUT2D eigenvalue weighted by Gasteiger charge is 2.18. The Morgan fingerprint density at radius 2 is 2.33 bits per heavy atom. The van der Waals surface area contributed by atoms with Gasteiger partial charge in [-0.3, -0.25) is 9.59 Å². The molecular weight excluding hydrogens is 216 g/mol. The van der Waals surface area contributed by atoms with E-state index in [0.29, 0.717) is 12.2 Å². The van der Waals surface area contributed by atoms with Crippen LogP contribution in [-0.2, 0) is 9.53 Å². The number of esters is 1. The minimum Gasteiger partial charge on any atom is -0.468 e. The van der Waals surface area contributed by atoms with Gasteiger partial charge in [-0.2, -0.15) is 0 Å². The van der Waals surface area contributed by atoms with E-state index in [-0.39, 0.29) is 12.5 Å². The SMILES string of the molecule is CCN(CC(=O)OC)C(=O)c1cscn1. The van der Waals surface area contributed by atoms with E-state index in [1.807, 2.05) is 0 Å². The number of ether oxygens (including phenoxy) is 1. The summed E-state index contributed by atoms with van der Waals surface area (Å²) in [5.41, 5.74) is 1.95. The zero-order chi connectivity index (χ0) is 11.3. The summed E-state index contributed by atoms with van der Waals surface area (Å²) in [7, 11) is 1.30. The Hall–Kier alpha value is -1.43. The van der Waals surface area contributed by atoms with Gasteiger partial charge in [0.15, 0.2) is 0 Å². The number of likely N-dealkylation sites (N-methyl/N-ethyl adjacent to an activating group) is 1. The van der Waals surface area contributed by atoms with Crippen molar-refractivity contribution < 1.29 is 14.3 Å². The van der Waals surface area contributed by atoms with Gasteiger partial charge in [0.05, 0.1) is 12.6 Å². The molecule has 0 saturated heterocycles. The van der Waals surface area contributed by atoms with Crippen LogP contribution in [0.5, 0.6) is 0 Å². The molecule has 82 valence electrons. The Bertz CT molecular complexity index is 337. The van der Waals surface area contributed by atoms with Crippen molar-refractivity contribution in [1.82, 2.24) is 9.88 Å². The van der Waals surface area contributed by atoms with E-state index in [4.69, 9.17) is 0 Å². The molecule has 6 heteroatoms. The van der Waals surface area contributed by atoms with Crippen LogP contribution in [0.3, 0.4) is 0 Å². The Balaban J connectivity index is 2.67. The van der Waals surface area contributed by atoms with Crippen LogP contribution in [0, 0.1) is 0 Å². The first-order chi connectivity index (χ1) is 7.19. The van der Waals surface area contributed by atoms with Gasteiger partial charge in [0.2, 0.25) is 0 Å². The molecule has 1 aromatic rings. The minimum atomic E-state index is -0.430.